The van der Waals surface area contributed by atoms with E-state index >= 15 is 0 Å². The van der Waals surface area contributed by atoms with Crippen molar-refractivity contribution in [1.82, 2.24) is 9.97 Å². The lowest BCUT2D eigenvalue weighted by atomic mass is 10.1. The molecule has 0 bridgehead atoms. The summed E-state index contributed by atoms with van der Waals surface area (Å²) in [6.45, 7) is 0.975. The summed E-state index contributed by atoms with van der Waals surface area (Å²) in [5.74, 6) is 2.45. The van der Waals surface area contributed by atoms with Crippen LogP contribution in [0.5, 0.6) is 11.8 Å². The van der Waals surface area contributed by atoms with Crippen molar-refractivity contribution in [2.24, 2.45) is 0 Å². The highest BCUT2D eigenvalue weighted by atomic mass is 35.5. The Bertz CT molecular complexity index is 395. The summed E-state index contributed by atoms with van der Waals surface area (Å²) in [4.78, 5) is 11.1. The molecule has 0 aromatic carbocycles. The number of halogens is 1. The number of rotatable bonds is 6. The Kier molecular flexibility index (Phi) is 5.07. The van der Waals surface area contributed by atoms with Gasteiger partial charge in [-0.2, -0.15) is 9.97 Å². The minimum atomic E-state index is 0.468. The maximum absolute atomic E-state index is 5.78. The SMILES string of the molecule is COc1cc(OC)nc(N2CCCC2CCCCl)n1. The quantitative estimate of drug-likeness (QED) is 0.752. The lowest BCUT2D eigenvalue weighted by molar-refractivity contribution is 0.371. The Balaban J connectivity index is 2.19. The maximum atomic E-state index is 5.78. The van der Waals surface area contributed by atoms with Gasteiger partial charge in [0.05, 0.1) is 20.3 Å². The first-order chi connectivity index (χ1) is 9.28. The Hall–Kier alpha value is -1.23. The predicted molar refractivity (Wildman–Crippen MR) is 75.5 cm³/mol. The van der Waals surface area contributed by atoms with Crippen LogP contribution in [0.3, 0.4) is 0 Å². The summed E-state index contributed by atoms with van der Waals surface area (Å²) in [5.41, 5.74) is 0. The molecule has 0 aliphatic carbocycles. The third kappa shape index (κ3) is 3.41. The van der Waals surface area contributed by atoms with Crippen LogP contribution in [0.2, 0.25) is 0 Å². The van der Waals surface area contributed by atoms with E-state index in [1.165, 1.54) is 6.42 Å². The minimum Gasteiger partial charge on any atom is -0.481 e. The van der Waals surface area contributed by atoms with Gasteiger partial charge in [-0.1, -0.05) is 0 Å². The molecular weight excluding hydrogens is 266 g/mol. The van der Waals surface area contributed by atoms with Crippen LogP contribution in [-0.2, 0) is 0 Å². The fraction of sp³-hybridized carbons (Fsp3) is 0.692. The molecule has 1 aromatic rings. The van der Waals surface area contributed by atoms with E-state index < -0.39 is 0 Å². The van der Waals surface area contributed by atoms with Crippen LogP contribution in [0.1, 0.15) is 25.7 Å². The molecular formula is C13H20ClN3O2. The standard InChI is InChI=1S/C13H20ClN3O2/c1-18-11-9-12(19-2)16-13(15-11)17-8-4-6-10(17)5-3-7-14/h9-10H,3-8H2,1-2H3. The zero-order valence-corrected chi connectivity index (χ0v) is 12.2. The van der Waals surface area contributed by atoms with Gasteiger partial charge in [0.25, 0.3) is 0 Å². The number of anilines is 1. The Morgan fingerprint density at radius 3 is 2.58 bits per heavy atom. The van der Waals surface area contributed by atoms with Crippen LogP contribution in [-0.4, -0.2) is 42.7 Å². The van der Waals surface area contributed by atoms with Gasteiger partial charge in [0, 0.05) is 18.5 Å². The van der Waals surface area contributed by atoms with Crippen molar-refractivity contribution < 1.29 is 9.47 Å². The van der Waals surface area contributed by atoms with Gasteiger partial charge in [0.1, 0.15) is 0 Å². The molecule has 0 N–H and O–H groups in total. The van der Waals surface area contributed by atoms with Crippen molar-refractivity contribution in [3.63, 3.8) is 0 Å². The highest BCUT2D eigenvalue weighted by molar-refractivity contribution is 6.17. The van der Waals surface area contributed by atoms with Crippen LogP contribution in [0.25, 0.3) is 0 Å². The second-order valence-corrected chi connectivity index (χ2v) is 4.95. The average Bonchev–Trinajstić information content (AvgIpc) is 2.92. The van der Waals surface area contributed by atoms with E-state index in [0.29, 0.717) is 29.6 Å². The largest absolute Gasteiger partial charge is 0.481 e. The van der Waals surface area contributed by atoms with Gasteiger partial charge >= 0.3 is 0 Å². The molecule has 1 aromatic heterocycles. The molecule has 1 unspecified atom stereocenters. The smallest absolute Gasteiger partial charge is 0.232 e. The van der Waals surface area contributed by atoms with Gasteiger partial charge < -0.3 is 14.4 Å². The fourth-order valence-electron chi connectivity index (χ4n) is 2.44. The summed E-state index contributed by atoms with van der Waals surface area (Å²) in [5, 5.41) is 0. The Morgan fingerprint density at radius 2 is 2.00 bits per heavy atom. The minimum absolute atomic E-state index is 0.468. The van der Waals surface area contributed by atoms with Crippen molar-refractivity contribution >= 4 is 17.5 Å². The highest BCUT2D eigenvalue weighted by Crippen LogP contribution is 2.28. The molecule has 6 heteroatoms. The molecule has 0 saturated carbocycles. The Labute approximate surface area is 118 Å². The van der Waals surface area contributed by atoms with Crippen molar-refractivity contribution in [1.29, 1.82) is 0 Å². The monoisotopic (exact) mass is 285 g/mol. The summed E-state index contributed by atoms with van der Waals surface area (Å²) in [6.07, 6.45) is 4.42. The van der Waals surface area contributed by atoms with Crippen molar-refractivity contribution in [3.05, 3.63) is 6.07 Å². The van der Waals surface area contributed by atoms with Crippen LogP contribution >= 0.6 is 11.6 Å². The van der Waals surface area contributed by atoms with E-state index in [2.05, 4.69) is 14.9 Å². The first-order valence-corrected chi connectivity index (χ1v) is 7.11. The van der Waals surface area contributed by atoms with E-state index in [-0.39, 0.29) is 0 Å². The molecule has 5 nitrogen and oxygen atoms in total. The molecule has 2 rings (SSSR count). The van der Waals surface area contributed by atoms with Crippen LogP contribution in [0.4, 0.5) is 5.95 Å². The average molecular weight is 286 g/mol. The molecule has 0 amide bonds. The van der Waals surface area contributed by atoms with Crippen LogP contribution in [0.15, 0.2) is 6.07 Å². The van der Waals surface area contributed by atoms with Gasteiger partial charge in [0.2, 0.25) is 17.7 Å². The molecule has 106 valence electrons. The molecule has 1 aliphatic rings. The normalized spacial score (nSPS) is 18.7. The lowest BCUT2D eigenvalue weighted by Crippen LogP contribution is -2.31. The maximum Gasteiger partial charge on any atom is 0.232 e. The Morgan fingerprint density at radius 1 is 1.32 bits per heavy atom. The van der Waals surface area contributed by atoms with E-state index in [0.717, 1.165) is 25.8 Å². The zero-order valence-electron chi connectivity index (χ0n) is 11.4. The van der Waals surface area contributed by atoms with Gasteiger partial charge in [-0.05, 0) is 25.7 Å². The first kappa shape index (κ1) is 14.2. The summed E-state index contributed by atoms with van der Waals surface area (Å²) >= 11 is 5.78. The van der Waals surface area contributed by atoms with Gasteiger partial charge in [0.15, 0.2) is 0 Å². The zero-order chi connectivity index (χ0) is 13.7. The second kappa shape index (κ2) is 6.80. The fourth-order valence-corrected chi connectivity index (χ4v) is 2.60. The first-order valence-electron chi connectivity index (χ1n) is 6.58. The second-order valence-electron chi connectivity index (χ2n) is 4.57. The molecule has 1 saturated heterocycles. The van der Waals surface area contributed by atoms with Crippen LogP contribution in [0, 0.1) is 0 Å². The van der Waals surface area contributed by atoms with Crippen LogP contribution < -0.4 is 14.4 Å². The number of methoxy groups -OCH3 is 2. The highest BCUT2D eigenvalue weighted by Gasteiger charge is 2.27. The van der Waals surface area contributed by atoms with Gasteiger partial charge in [-0.15, -0.1) is 11.6 Å². The predicted octanol–water partition coefficient (Wildman–Crippen LogP) is 2.48. The molecule has 19 heavy (non-hydrogen) atoms. The van der Waals surface area contributed by atoms with E-state index in [4.69, 9.17) is 21.1 Å². The number of aromatic nitrogens is 2. The number of hydrogen-bond donors (Lipinski definition) is 0. The van der Waals surface area contributed by atoms with Gasteiger partial charge in [-0.25, -0.2) is 0 Å². The molecule has 2 heterocycles. The third-order valence-electron chi connectivity index (χ3n) is 3.39. The molecule has 0 radical (unpaired) electrons. The summed E-state index contributed by atoms with van der Waals surface area (Å²) in [7, 11) is 3.20. The van der Waals surface area contributed by atoms with Crippen molar-refractivity contribution in [3.8, 4) is 11.8 Å². The summed E-state index contributed by atoms with van der Waals surface area (Å²) < 4.78 is 10.4. The third-order valence-corrected chi connectivity index (χ3v) is 3.66. The van der Waals surface area contributed by atoms with Crippen molar-refractivity contribution in [2.75, 3.05) is 31.5 Å². The molecule has 1 fully saturated rings. The molecule has 1 atom stereocenters. The number of alkyl halides is 1. The number of nitrogens with zero attached hydrogens (tertiary/aromatic N) is 3. The topological polar surface area (TPSA) is 47.5 Å². The van der Waals surface area contributed by atoms with E-state index in [9.17, 15) is 0 Å². The molecule has 1 aliphatic heterocycles. The van der Waals surface area contributed by atoms with E-state index in [1.807, 2.05) is 0 Å². The number of ether oxygens (including phenoxy) is 2. The number of hydrogen-bond acceptors (Lipinski definition) is 5. The van der Waals surface area contributed by atoms with Gasteiger partial charge in [-0.3, -0.25) is 0 Å². The van der Waals surface area contributed by atoms with Crippen molar-refractivity contribution in [2.45, 2.75) is 31.7 Å². The summed E-state index contributed by atoms with van der Waals surface area (Å²) in [6, 6.07) is 2.16. The lowest BCUT2D eigenvalue weighted by Gasteiger charge is -2.24. The van der Waals surface area contributed by atoms with E-state index in [1.54, 1.807) is 20.3 Å². The molecule has 0 spiro atoms.